The summed E-state index contributed by atoms with van der Waals surface area (Å²) >= 11 is 0. The van der Waals surface area contributed by atoms with Gasteiger partial charge in [-0.05, 0) is 19.1 Å². The van der Waals surface area contributed by atoms with Gasteiger partial charge in [-0.1, -0.05) is 13.5 Å². The molecule has 0 saturated heterocycles. The first-order chi connectivity index (χ1) is 4.70. The van der Waals surface area contributed by atoms with Crippen molar-refractivity contribution in [2.45, 2.75) is 32.6 Å². The number of hydrogen-bond donors (Lipinski definition) is 0. The van der Waals surface area contributed by atoms with Crippen LogP contribution in [0.15, 0.2) is 0 Å². The van der Waals surface area contributed by atoms with Crippen molar-refractivity contribution < 1.29 is 8.23 Å². The Morgan fingerprint density at radius 1 is 1.40 bits per heavy atom. The predicted molar refractivity (Wildman–Crippen MR) is 53.1 cm³/mol. The van der Waals surface area contributed by atoms with E-state index in [1.807, 2.05) is 0 Å². The van der Waals surface area contributed by atoms with E-state index in [0.717, 1.165) is 0 Å². The zero-order valence-corrected chi connectivity index (χ0v) is 11.1. The molecule has 0 rings (SSSR count). The highest BCUT2D eigenvalue weighted by atomic mass is 28.4. The molecule has 0 aliphatic heterocycles. The molecule has 0 aliphatic rings. The van der Waals surface area contributed by atoms with Crippen LogP contribution in [-0.4, -0.2) is 28.1 Å². The van der Waals surface area contributed by atoms with Gasteiger partial charge >= 0.3 is 0 Å². The second-order valence-electron chi connectivity index (χ2n) is 2.38. The largest absolute Gasteiger partial charge is 0.444 e. The molecule has 0 heterocycles. The highest BCUT2D eigenvalue weighted by Crippen LogP contribution is 1.96. The Labute approximate surface area is 69.4 Å². The van der Waals surface area contributed by atoms with Crippen LogP contribution in [0.5, 0.6) is 0 Å². The monoisotopic (exact) mass is 194 g/mol. The number of rotatable bonds is 5. The number of hydrogen-bond acceptors (Lipinski definition) is 2. The van der Waals surface area contributed by atoms with E-state index in [2.05, 4.69) is 26.6 Å². The van der Waals surface area contributed by atoms with Gasteiger partial charge in [0.25, 0.3) is 9.28 Å². The second-order valence-corrected chi connectivity index (χ2v) is 8.95. The maximum Gasteiger partial charge on any atom is 0.297 e. The van der Waals surface area contributed by atoms with E-state index in [-0.39, 0.29) is 9.76 Å². The quantitative estimate of drug-likeness (QED) is 0.589. The van der Waals surface area contributed by atoms with Crippen LogP contribution in [0.1, 0.15) is 6.92 Å². The van der Waals surface area contributed by atoms with Gasteiger partial charge in [-0.25, -0.2) is 0 Å². The minimum atomic E-state index is -1.15. The Hall–Kier alpha value is 0.571. The molecule has 5 heteroatoms. The van der Waals surface area contributed by atoms with Gasteiger partial charge in [0.1, 0.15) is 9.76 Å². The normalized spacial score (nSPS) is 18.0. The van der Waals surface area contributed by atoms with Crippen LogP contribution in [0.2, 0.25) is 25.7 Å². The van der Waals surface area contributed by atoms with E-state index < -0.39 is 18.3 Å². The van der Waals surface area contributed by atoms with Crippen LogP contribution < -0.4 is 0 Å². The molecule has 0 amide bonds. The smallest absolute Gasteiger partial charge is 0.297 e. The van der Waals surface area contributed by atoms with Crippen molar-refractivity contribution in [3.8, 4) is 0 Å². The first kappa shape index (κ1) is 10.6. The fourth-order valence-electron chi connectivity index (χ4n) is 0.697. The van der Waals surface area contributed by atoms with Gasteiger partial charge in [0.2, 0.25) is 0 Å². The van der Waals surface area contributed by atoms with Crippen molar-refractivity contribution in [3.63, 3.8) is 0 Å². The molecule has 0 aliphatic carbocycles. The highest BCUT2D eigenvalue weighted by molar-refractivity contribution is 6.63. The molecule has 0 aromatic heterocycles. The van der Waals surface area contributed by atoms with Crippen molar-refractivity contribution in [2.24, 2.45) is 0 Å². The summed E-state index contributed by atoms with van der Waals surface area (Å²) in [5.41, 5.74) is 0. The molecule has 0 saturated carbocycles. The molecule has 0 bridgehead atoms. The summed E-state index contributed by atoms with van der Waals surface area (Å²) < 4.78 is 11.2. The SMILES string of the molecule is CC[SiH](C)O[SiH](C)O[SiH2]C. The maximum atomic E-state index is 5.73. The summed E-state index contributed by atoms with van der Waals surface area (Å²) in [5, 5.41) is 0. The van der Waals surface area contributed by atoms with Gasteiger partial charge in [0.15, 0.2) is 9.04 Å². The van der Waals surface area contributed by atoms with Gasteiger partial charge < -0.3 is 8.23 Å². The molecule has 2 nitrogen and oxygen atoms in total. The molecule has 0 N–H and O–H groups in total. The standard InChI is InChI=1S/C5H18O2Si3/c1-5-9(3)7-10(4)6-8-2/h9-10H,5,8H2,1-4H3. The van der Waals surface area contributed by atoms with E-state index in [9.17, 15) is 0 Å². The van der Waals surface area contributed by atoms with Crippen LogP contribution in [0.4, 0.5) is 0 Å². The summed E-state index contributed by atoms with van der Waals surface area (Å²) in [6.07, 6.45) is 0. The van der Waals surface area contributed by atoms with Gasteiger partial charge in [0, 0.05) is 0 Å². The summed E-state index contributed by atoms with van der Waals surface area (Å²) in [6, 6.07) is 1.23. The molecule has 10 heavy (non-hydrogen) atoms. The Kier molecular flexibility index (Phi) is 6.65. The fourth-order valence-corrected chi connectivity index (χ4v) is 6.98. The Morgan fingerprint density at radius 3 is 2.40 bits per heavy atom. The summed E-state index contributed by atoms with van der Waals surface area (Å²) in [5.74, 6) is 0. The third kappa shape index (κ3) is 5.36. The molecule has 0 aromatic rings. The molecule has 0 fully saturated rings. The lowest BCUT2D eigenvalue weighted by Crippen LogP contribution is -2.27. The van der Waals surface area contributed by atoms with Crippen molar-refractivity contribution >= 4 is 28.1 Å². The Bertz CT molecular complexity index is 81.3. The van der Waals surface area contributed by atoms with Crippen LogP contribution >= 0.6 is 0 Å². The molecular formula is C5H18O2Si3. The van der Waals surface area contributed by atoms with E-state index in [4.69, 9.17) is 8.23 Å². The third-order valence-electron chi connectivity index (χ3n) is 1.40. The average molecular weight is 194 g/mol. The topological polar surface area (TPSA) is 18.5 Å². The van der Waals surface area contributed by atoms with E-state index in [1.54, 1.807) is 0 Å². The lowest BCUT2D eigenvalue weighted by atomic mass is 11.0. The minimum Gasteiger partial charge on any atom is -0.444 e. The molecule has 2 unspecified atom stereocenters. The summed E-state index contributed by atoms with van der Waals surface area (Å²) in [4.78, 5) is 0. The molecule has 0 aromatic carbocycles. The lowest BCUT2D eigenvalue weighted by Gasteiger charge is -2.15. The van der Waals surface area contributed by atoms with Crippen molar-refractivity contribution in [1.29, 1.82) is 0 Å². The average Bonchev–Trinajstić information content (AvgIpc) is 1.88. The molecule has 0 spiro atoms. The molecule has 62 valence electrons. The predicted octanol–water partition coefficient (Wildman–Crippen LogP) is 0.375. The first-order valence-corrected chi connectivity index (χ1v) is 10.5. The lowest BCUT2D eigenvalue weighted by molar-refractivity contribution is 0.454. The van der Waals surface area contributed by atoms with Crippen LogP contribution in [0.25, 0.3) is 0 Å². The molecule has 0 radical (unpaired) electrons. The van der Waals surface area contributed by atoms with E-state index in [1.165, 1.54) is 6.04 Å². The highest BCUT2D eigenvalue weighted by Gasteiger charge is 2.08. The van der Waals surface area contributed by atoms with E-state index >= 15 is 0 Å². The second kappa shape index (κ2) is 6.29. The van der Waals surface area contributed by atoms with Crippen LogP contribution in [-0.2, 0) is 8.23 Å². The summed E-state index contributed by atoms with van der Waals surface area (Å²) in [7, 11) is -2.19. The third-order valence-corrected chi connectivity index (χ3v) is 9.15. The Morgan fingerprint density at radius 2 is 2.00 bits per heavy atom. The molecule has 2 atom stereocenters. The maximum absolute atomic E-state index is 5.73. The van der Waals surface area contributed by atoms with Gasteiger partial charge in [-0.15, -0.1) is 0 Å². The zero-order chi connectivity index (χ0) is 7.98. The fraction of sp³-hybridized carbons (Fsp3) is 1.00. The van der Waals surface area contributed by atoms with Gasteiger partial charge in [-0.2, -0.15) is 0 Å². The van der Waals surface area contributed by atoms with Crippen LogP contribution in [0.3, 0.4) is 0 Å². The van der Waals surface area contributed by atoms with Crippen molar-refractivity contribution in [3.05, 3.63) is 0 Å². The van der Waals surface area contributed by atoms with Crippen molar-refractivity contribution in [2.75, 3.05) is 0 Å². The summed E-state index contributed by atoms with van der Waals surface area (Å²) in [6.45, 7) is 8.73. The zero-order valence-electron chi connectivity index (χ0n) is 7.39. The molecular weight excluding hydrogens is 176 g/mol. The first-order valence-electron chi connectivity index (χ1n) is 3.97. The van der Waals surface area contributed by atoms with Crippen LogP contribution in [0, 0.1) is 0 Å². The minimum absolute atomic E-state index is 0.225. The van der Waals surface area contributed by atoms with Gasteiger partial charge in [-0.3, -0.25) is 0 Å². The van der Waals surface area contributed by atoms with E-state index in [0.29, 0.717) is 0 Å². The van der Waals surface area contributed by atoms with Gasteiger partial charge in [0.05, 0.1) is 0 Å². The Balaban J connectivity index is 3.27. The van der Waals surface area contributed by atoms with Crippen molar-refractivity contribution in [1.82, 2.24) is 0 Å².